The van der Waals surface area contributed by atoms with E-state index in [0.29, 0.717) is 18.1 Å². The molecule has 0 aromatic heterocycles. The number of unbranched alkanes of at least 4 members (excludes halogenated alkanes) is 1. The number of nitrogens with two attached hydrogens (primary N) is 1. The van der Waals surface area contributed by atoms with Gasteiger partial charge in [0.2, 0.25) is 0 Å². The maximum absolute atomic E-state index is 7.98. The van der Waals surface area contributed by atoms with Crippen LogP contribution in [0.4, 0.5) is 5.69 Å². The summed E-state index contributed by atoms with van der Waals surface area (Å²) in [4.78, 5) is 1.62. The predicted octanol–water partition coefficient (Wildman–Crippen LogP) is 2.30. The number of nitrogens with one attached hydrogen (secondary N) is 2. The molecule has 86 valence electrons. The Morgan fingerprint density at radius 1 is 1.50 bits per heavy atom. The Bertz CT molecular complexity index is 373. The Morgan fingerprint density at radius 2 is 2.25 bits per heavy atom. The SMILES string of the molecule is CCCCN(C=N)C(=N)c1cccc(N)c1. The first-order valence-corrected chi connectivity index (χ1v) is 5.40. The van der Waals surface area contributed by atoms with Crippen molar-refractivity contribution in [1.29, 1.82) is 10.8 Å². The van der Waals surface area contributed by atoms with Crippen LogP contribution in [0.1, 0.15) is 25.3 Å². The molecule has 4 nitrogen and oxygen atoms in total. The van der Waals surface area contributed by atoms with E-state index in [1.807, 2.05) is 12.1 Å². The second-order valence-electron chi connectivity index (χ2n) is 3.65. The zero-order valence-corrected chi connectivity index (χ0v) is 9.53. The maximum atomic E-state index is 7.98. The lowest BCUT2D eigenvalue weighted by Crippen LogP contribution is -2.30. The van der Waals surface area contributed by atoms with Gasteiger partial charge in [0.05, 0.1) is 6.34 Å². The first-order valence-electron chi connectivity index (χ1n) is 5.40. The van der Waals surface area contributed by atoms with Crippen molar-refractivity contribution < 1.29 is 0 Å². The fraction of sp³-hybridized carbons (Fsp3) is 0.333. The summed E-state index contributed by atoms with van der Waals surface area (Å²) in [6.07, 6.45) is 3.22. The molecule has 0 heterocycles. The van der Waals surface area contributed by atoms with Crippen molar-refractivity contribution in [3.8, 4) is 0 Å². The van der Waals surface area contributed by atoms with Gasteiger partial charge in [0, 0.05) is 17.8 Å². The summed E-state index contributed by atoms with van der Waals surface area (Å²) in [7, 11) is 0. The molecule has 16 heavy (non-hydrogen) atoms. The molecule has 0 aliphatic heterocycles. The Labute approximate surface area is 96.1 Å². The lowest BCUT2D eigenvalue weighted by Gasteiger charge is -2.19. The largest absolute Gasteiger partial charge is 0.399 e. The van der Waals surface area contributed by atoms with Crippen molar-refractivity contribution in [1.82, 2.24) is 4.90 Å². The van der Waals surface area contributed by atoms with Gasteiger partial charge >= 0.3 is 0 Å². The monoisotopic (exact) mass is 218 g/mol. The first kappa shape index (κ1) is 12.2. The van der Waals surface area contributed by atoms with Crippen LogP contribution in [0.2, 0.25) is 0 Å². The van der Waals surface area contributed by atoms with E-state index in [2.05, 4.69) is 6.92 Å². The van der Waals surface area contributed by atoms with Gasteiger partial charge in [-0.25, -0.2) is 0 Å². The van der Waals surface area contributed by atoms with Crippen LogP contribution in [0.3, 0.4) is 0 Å². The molecule has 4 N–H and O–H groups in total. The fourth-order valence-electron chi connectivity index (χ4n) is 1.42. The number of amidine groups is 1. The normalized spacial score (nSPS) is 9.81. The third-order valence-corrected chi connectivity index (χ3v) is 2.36. The number of anilines is 1. The zero-order chi connectivity index (χ0) is 12.0. The smallest absolute Gasteiger partial charge is 0.133 e. The highest BCUT2D eigenvalue weighted by Gasteiger charge is 2.08. The van der Waals surface area contributed by atoms with Crippen LogP contribution >= 0.6 is 0 Å². The summed E-state index contributed by atoms with van der Waals surface area (Å²) >= 11 is 0. The number of hydrogen-bond donors (Lipinski definition) is 3. The van der Waals surface area contributed by atoms with Crippen LogP contribution in [0, 0.1) is 10.8 Å². The molecule has 0 bridgehead atoms. The van der Waals surface area contributed by atoms with Gasteiger partial charge in [0.1, 0.15) is 5.84 Å². The topological polar surface area (TPSA) is 77.0 Å². The summed E-state index contributed by atoms with van der Waals surface area (Å²) in [5.74, 6) is 0.329. The van der Waals surface area contributed by atoms with Gasteiger partial charge in [-0.15, -0.1) is 0 Å². The molecule has 0 aliphatic rings. The highest BCUT2D eigenvalue weighted by Crippen LogP contribution is 2.09. The zero-order valence-electron chi connectivity index (χ0n) is 9.53. The van der Waals surface area contributed by atoms with Crippen molar-refractivity contribution in [2.24, 2.45) is 0 Å². The van der Waals surface area contributed by atoms with Crippen molar-refractivity contribution >= 4 is 17.9 Å². The second kappa shape index (κ2) is 5.90. The fourth-order valence-corrected chi connectivity index (χ4v) is 1.42. The Kier molecular flexibility index (Phi) is 4.51. The molecule has 0 unspecified atom stereocenters. The van der Waals surface area contributed by atoms with E-state index in [1.165, 1.54) is 6.34 Å². The van der Waals surface area contributed by atoms with Crippen molar-refractivity contribution in [3.63, 3.8) is 0 Å². The van der Waals surface area contributed by atoms with Gasteiger partial charge in [-0.05, 0) is 18.6 Å². The molecular weight excluding hydrogens is 200 g/mol. The van der Waals surface area contributed by atoms with E-state index in [4.69, 9.17) is 16.6 Å². The highest BCUT2D eigenvalue weighted by atomic mass is 15.2. The average Bonchev–Trinajstić information content (AvgIpc) is 2.29. The number of nitrogens with zero attached hydrogens (tertiary/aromatic N) is 1. The van der Waals surface area contributed by atoms with Crippen molar-refractivity contribution in [2.75, 3.05) is 12.3 Å². The van der Waals surface area contributed by atoms with Crippen LogP contribution in [0.25, 0.3) is 0 Å². The summed E-state index contributed by atoms with van der Waals surface area (Å²) in [5.41, 5.74) is 7.06. The molecule has 0 saturated carbocycles. The molecule has 0 fully saturated rings. The molecule has 1 rings (SSSR count). The number of benzene rings is 1. The van der Waals surface area contributed by atoms with E-state index in [9.17, 15) is 0 Å². The van der Waals surface area contributed by atoms with Gasteiger partial charge in [0.25, 0.3) is 0 Å². The summed E-state index contributed by atoms with van der Waals surface area (Å²) in [5, 5.41) is 15.3. The first-order chi connectivity index (χ1) is 7.69. The molecule has 1 aromatic rings. The summed E-state index contributed by atoms with van der Waals surface area (Å²) in [6.45, 7) is 2.79. The number of rotatable bonds is 5. The van der Waals surface area contributed by atoms with Crippen LogP contribution in [-0.2, 0) is 0 Å². The minimum Gasteiger partial charge on any atom is -0.399 e. The molecule has 1 aromatic carbocycles. The molecule has 0 saturated heterocycles. The Hall–Kier alpha value is -1.84. The average molecular weight is 218 g/mol. The quantitative estimate of drug-likeness (QED) is 0.403. The minimum absolute atomic E-state index is 0.329. The Morgan fingerprint density at radius 3 is 2.81 bits per heavy atom. The molecule has 0 atom stereocenters. The molecule has 0 radical (unpaired) electrons. The van der Waals surface area contributed by atoms with Gasteiger partial charge < -0.3 is 10.6 Å². The van der Waals surface area contributed by atoms with Crippen molar-refractivity contribution in [2.45, 2.75) is 19.8 Å². The maximum Gasteiger partial charge on any atom is 0.133 e. The van der Waals surface area contributed by atoms with Gasteiger partial charge in [-0.2, -0.15) is 0 Å². The summed E-state index contributed by atoms with van der Waals surface area (Å²) < 4.78 is 0. The van der Waals surface area contributed by atoms with E-state index >= 15 is 0 Å². The highest BCUT2D eigenvalue weighted by molar-refractivity contribution is 6.02. The number of hydrogen-bond acceptors (Lipinski definition) is 3. The molecule has 0 spiro atoms. The van der Waals surface area contributed by atoms with E-state index in [-0.39, 0.29) is 0 Å². The lowest BCUT2D eigenvalue weighted by molar-refractivity contribution is 0.576. The van der Waals surface area contributed by atoms with E-state index in [0.717, 1.165) is 18.4 Å². The third-order valence-electron chi connectivity index (χ3n) is 2.36. The molecule has 0 aliphatic carbocycles. The van der Waals surface area contributed by atoms with Gasteiger partial charge in [-0.1, -0.05) is 25.5 Å². The van der Waals surface area contributed by atoms with Gasteiger partial charge in [0.15, 0.2) is 0 Å². The second-order valence-corrected chi connectivity index (χ2v) is 3.65. The van der Waals surface area contributed by atoms with E-state index in [1.54, 1.807) is 17.0 Å². The van der Waals surface area contributed by atoms with Crippen LogP contribution in [0.15, 0.2) is 24.3 Å². The Balaban J connectivity index is 2.78. The summed E-state index contributed by atoms with van der Waals surface area (Å²) in [6, 6.07) is 7.20. The lowest BCUT2D eigenvalue weighted by atomic mass is 10.1. The van der Waals surface area contributed by atoms with Crippen LogP contribution < -0.4 is 5.73 Å². The van der Waals surface area contributed by atoms with Gasteiger partial charge in [-0.3, -0.25) is 10.8 Å². The molecule has 0 amide bonds. The molecular formula is C12H18N4. The number of nitrogen functional groups attached to an aromatic ring is 1. The van der Waals surface area contributed by atoms with Crippen LogP contribution in [-0.4, -0.2) is 23.6 Å². The standard InChI is InChI=1S/C12H18N4/c1-2-3-7-16(9-13)12(15)10-5-4-6-11(14)8-10/h4-6,8-9,13,15H,2-3,7,14H2,1H3. The molecule has 4 heteroatoms. The van der Waals surface area contributed by atoms with Crippen LogP contribution in [0.5, 0.6) is 0 Å². The minimum atomic E-state index is 0.329. The van der Waals surface area contributed by atoms with E-state index < -0.39 is 0 Å². The van der Waals surface area contributed by atoms with Crippen molar-refractivity contribution in [3.05, 3.63) is 29.8 Å². The predicted molar refractivity (Wildman–Crippen MR) is 68.1 cm³/mol. The third kappa shape index (κ3) is 3.08.